The van der Waals surface area contributed by atoms with Crippen molar-refractivity contribution < 1.29 is 9.59 Å². The van der Waals surface area contributed by atoms with Crippen molar-refractivity contribution in [3.8, 4) is 0 Å². The Morgan fingerprint density at radius 2 is 1.86 bits per heavy atom. The topological polar surface area (TPSA) is 84.2 Å². The molecule has 2 rings (SSSR count). The Labute approximate surface area is 133 Å². The average molecular weight is 318 g/mol. The second kappa shape index (κ2) is 6.95. The van der Waals surface area contributed by atoms with Gasteiger partial charge in [-0.05, 0) is 36.8 Å². The maximum absolute atomic E-state index is 12.0. The first kappa shape index (κ1) is 15.9. The normalized spacial score (nSPS) is 10.1. The second-order valence-corrected chi connectivity index (χ2v) is 5.21. The molecule has 0 aliphatic heterocycles. The third-order valence-corrected chi connectivity index (χ3v) is 3.34. The van der Waals surface area contributed by atoms with Gasteiger partial charge in [-0.3, -0.25) is 9.59 Å². The first-order chi connectivity index (χ1) is 10.5. The summed E-state index contributed by atoms with van der Waals surface area (Å²) in [6.45, 7) is 1.92. The van der Waals surface area contributed by atoms with Crippen LogP contribution in [0.1, 0.15) is 15.9 Å². The third-order valence-electron chi connectivity index (χ3n) is 3.11. The SMILES string of the molecule is Cc1ccccc1NC(=O)CNc1ccc(Cl)cc1C(N)=O. The average Bonchev–Trinajstić information content (AvgIpc) is 2.48. The Kier molecular flexibility index (Phi) is 5.01. The number of nitrogens with one attached hydrogen (secondary N) is 2. The fourth-order valence-corrected chi connectivity index (χ4v) is 2.13. The maximum atomic E-state index is 12.0. The Morgan fingerprint density at radius 3 is 2.55 bits per heavy atom. The van der Waals surface area contributed by atoms with E-state index in [2.05, 4.69) is 10.6 Å². The van der Waals surface area contributed by atoms with E-state index in [-0.39, 0.29) is 18.0 Å². The molecular weight excluding hydrogens is 302 g/mol. The number of carbonyl (C=O) groups is 2. The van der Waals surface area contributed by atoms with Gasteiger partial charge in [0, 0.05) is 16.4 Å². The van der Waals surface area contributed by atoms with Gasteiger partial charge in [-0.1, -0.05) is 29.8 Å². The summed E-state index contributed by atoms with van der Waals surface area (Å²) in [5.74, 6) is -0.830. The predicted octanol–water partition coefficient (Wildman–Crippen LogP) is 2.80. The van der Waals surface area contributed by atoms with E-state index < -0.39 is 5.91 Å². The second-order valence-electron chi connectivity index (χ2n) is 4.77. The molecule has 0 saturated carbocycles. The number of hydrogen-bond donors (Lipinski definition) is 3. The standard InChI is InChI=1S/C16H16ClN3O2/c1-10-4-2-3-5-13(10)20-15(21)9-19-14-7-6-11(17)8-12(14)16(18)22/h2-8,19H,9H2,1H3,(H2,18,22)(H,20,21). The van der Waals surface area contributed by atoms with Crippen LogP contribution in [0.5, 0.6) is 0 Å². The molecule has 0 saturated heterocycles. The van der Waals surface area contributed by atoms with Crippen LogP contribution < -0.4 is 16.4 Å². The molecule has 0 fully saturated rings. The van der Waals surface area contributed by atoms with Gasteiger partial charge in [-0.25, -0.2) is 0 Å². The van der Waals surface area contributed by atoms with E-state index in [0.717, 1.165) is 11.3 Å². The van der Waals surface area contributed by atoms with Gasteiger partial charge in [-0.15, -0.1) is 0 Å². The predicted molar refractivity (Wildman–Crippen MR) is 88.3 cm³/mol. The van der Waals surface area contributed by atoms with Gasteiger partial charge < -0.3 is 16.4 Å². The van der Waals surface area contributed by atoms with Crippen LogP contribution in [0.4, 0.5) is 11.4 Å². The van der Waals surface area contributed by atoms with Crippen LogP contribution in [0.2, 0.25) is 5.02 Å². The number of anilines is 2. The number of amides is 2. The summed E-state index contributed by atoms with van der Waals surface area (Å²) in [7, 11) is 0. The molecule has 0 heterocycles. The molecule has 5 nitrogen and oxygen atoms in total. The van der Waals surface area contributed by atoms with E-state index in [1.54, 1.807) is 12.1 Å². The van der Waals surface area contributed by atoms with Gasteiger partial charge in [0.2, 0.25) is 5.91 Å². The first-order valence-corrected chi connectivity index (χ1v) is 7.04. The number of rotatable bonds is 5. The zero-order valence-electron chi connectivity index (χ0n) is 12.0. The highest BCUT2D eigenvalue weighted by molar-refractivity contribution is 6.31. The van der Waals surface area contributed by atoms with E-state index in [0.29, 0.717) is 10.7 Å². The highest BCUT2D eigenvalue weighted by Gasteiger charge is 2.10. The number of benzene rings is 2. The van der Waals surface area contributed by atoms with Gasteiger partial charge >= 0.3 is 0 Å². The first-order valence-electron chi connectivity index (χ1n) is 6.66. The van der Waals surface area contributed by atoms with Crippen molar-refractivity contribution in [1.82, 2.24) is 0 Å². The molecule has 0 unspecified atom stereocenters. The molecule has 22 heavy (non-hydrogen) atoms. The van der Waals surface area contributed by atoms with Crippen molar-refractivity contribution in [1.29, 1.82) is 0 Å². The van der Waals surface area contributed by atoms with Crippen LogP contribution in [0, 0.1) is 6.92 Å². The van der Waals surface area contributed by atoms with Crippen molar-refractivity contribution in [3.05, 3.63) is 58.6 Å². The largest absolute Gasteiger partial charge is 0.375 e. The molecule has 2 amide bonds. The van der Waals surface area contributed by atoms with E-state index in [1.807, 2.05) is 31.2 Å². The van der Waals surface area contributed by atoms with Gasteiger partial charge in [-0.2, -0.15) is 0 Å². The van der Waals surface area contributed by atoms with Crippen molar-refractivity contribution in [2.45, 2.75) is 6.92 Å². The summed E-state index contributed by atoms with van der Waals surface area (Å²) in [5.41, 5.74) is 7.73. The summed E-state index contributed by atoms with van der Waals surface area (Å²) in [5, 5.41) is 6.09. The number of para-hydroxylation sites is 1. The highest BCUT2D eigenvalue weighted by Crippen LogP contribution is 2.20. The molecule has 2 aromatic carbocycles. The van der Waals surface area contributed by atoms with Crippen molar-refractivity contribution >= 4 is 34.8 Å². The maximum Gasteiger partial charge on any atom is 0.250 e. The van der Waals surface area contributed by atoms with Crippen LogP contribution >= 0.6 is 11.6 Å². The van der Waals surface area contributed by atoms with Crippen molar-refractivity contribution in [3.63, 3.8) is 0 Å². The molecule has 114 valence electrons. The Balaban J connectivity index is 2.03. The van der Waals surface area contributed by atoms with Crippen LogP contribution in [0.25, 0.3) is 0 Å². The van der Waals surface area contributed by atoms with E-state index in [9.17, 15) is 9.59 Å². The van der Waals surface area contributed by atoms with Crippen LogP contribution in [-0.2, 0) is 4.79 Å². The van der Waals surface area contributed by atoms with Gasteiger partial charge in [0.15, 0.2) is 0 Å². The fraction of sp³-hybridized carbons (Fsp3) is 0.125. The van der Waals surface area contributed by atoms with Gasteiger partial charge in [0.25, 0.3) is 5.91 Å². The molecule has 6 heteroatoms. The number of carbonyl (C=O) groups excluding carboxylic acids is 2. The van der Waals surface area contributed by atoms with Crippen LogP contribution in [-0.4, -0.2) is 18.4 Å². The Morgan fingerprint density at radius 1 is 1.14 bits per heavy atom. The summed E-state index contributed by atoms with van der Waals surface area (Å²) in [4.78, 5) is 23.3. The van der Waals surface area contributed by atoms with Crippen molar-refractivity contribution in [2.75, 3.05) is 17.2 Å². The lowest BCUT2D eigenvalue weighted by Gasteiger charge is -2.12. The summed E-state index contributed by atoms with van der Waals surface area (Å²) < 4.78 is 0. The molecule has 2 aromatic rings. The zero-order valence-corrected chi connectivity index (χ0v) is 12.8. The number of hydrogen-bond acceptors (Lipinski definition) is 3. The molecule has 0 bridgehead atoms. The number of aryl methyl sites for hydroxylation is 1. The zero-order chi connectivity index (χ0) is 16.1. The highest BCUT2D eigenvalue weighted by atomic mass is 35.5. The lowest BCUT2D eigenvalue weighted by molar-refractivity contribution is -0.114. The van der Waals surface area contributed by atoms with E-state index >= 15 is 0 Å². The molecule has 0 spiro atoms. The van der Waals surface area contributed by atoms with Gasteiger partial charge in [0.05, 0.1) is 12.1 Å². The number of nitrogens with two attached hydrogens (primary N) is 1. The minimum absolute atomic E-state index is 0.0102. The minimum Gasteiger partial charge on any atom is -0.375 e. The smallest absolute Gasteiger partial charge is 0.250 e. The third kappa shape index (κ3) is 3.99. The molecule has 0 aromatic heterocycles. The number of halogens is 1. The summed E-state index contributed by atoms with van der Waals surface area (Å²) >= 11 is 5.83. The minimum atomic E-state index is -0.607. The summed E-state index contributed by atoms with van der Waals surface area (Å²) in [6, 6.07) is 12.2. The molecular formula is C16H16ClN3O2. The van der Waals surface area contributed by atoms with Crippen LogP contribution in [0.3, 0.4) is 0 Å². The molecule has 0 aliphatic rings. The van der Waals surface area contributed by atoms with Crippen LogP contribution in [0.15, 0.2) is 42.5 Å². The Hall–Kier alpha value is -2.53. The quantitative estimate of drug-likeness (QED) is 0.792. The monoisotopic (exact) mass is 317 g/mol. The molecule has 4 N–H and O–H groups in total. The molecule has 0 atom stereocenters. The van der Waals surface area contributed by atoms with E-state index in [4.69, 9.17) is 17.3 Å². The van der Waals surface area contributed by atoms with Crippen molar-refractivity contribution in [2.24, 2.45) is 5.73 Å². The lowest BCUT2D eigenvalue weighted by atomic mass is 10.1. The molecule has 0 radical (unpaired) electrons. The Bertz CT molecular complexity index is 716. The summed E-state index contributed by atoms with van der Waals surface area (Å²) in [6.07, 6.45) is 0. The van der Waals surface area contributed by atoms with Gasteiger partial charge in [0.1, 0.15) is 0 Å². The van der Waals surface area contributed by atoms with E-state index in [1.165, 1.54) is 6.07 Å². The lowest BCUT2D eigenvalue weighted by Crippen LogP contribution is -2.23. The molecule has 0 aliphatic carbocycles. The number of primary amides is 1. The fourth-order valence-electron chi connectivity index (χ4n) is 1.96.